The summed E-state index contributed by atoms with van der Waals surface area (Å²) in [6, 6.07) is 4.90. The summed E-state index contributed by atoms with van der Waals surface area (Å²) >= 11 is 0. The SMILES string of the molecule is COc1ccc(NC(=O)C[C@H]2C(=O)OC[C@H]3CCCCN32)cc1OC. The fourth-order valence-electron chi connectivity index (χ4n) is 3.52. The van der Waals surface area contributed by atoms with E-state index in [0.29, 0.717) is 23.8 Å². The number of nitrogens with one attached hydrogen (secondary N) is 1. The van der Waals surface area contributed by atoms with Gasteiger partial charge in [0.15, 0.2) is 11.5 Å². The first kappa shape index (κ1) is 17.5. The van der Waals surface area contributed by atoms with E-state index in [2.05, 4.69) is 10.2 Å². The van der Waals surface area contributed by atoms with Crippen LogP contribution in [-0.2, 0) is 14.3 Å². The van der Waals surface area contributed by atoms with Crippen LogP contribution in [0, 0.1) is 0 Å². The van der Waals surface area contributed by atoms with E-state index in [-0.39, 0.29) is 24.3 Å². The summed E-state index contributed by atoms with van der Waals surface area (Å²) in [5.41, 5.74) is 0.599. The Morgan fingerprint density at radius 1 is 1.28 bits per heavy atom. The van der Waals surface area contributed by atoms with Crippen LogP contribution in [0.2, 0.25) is 0 Å². The van der Waals surface area contributed by atoms with Gasteiger partial charge in [-0.1, -0.05) is 6.42 Å². The van der Waals surface area contributed by atoms with Gasteiger partial charge < -0.3 is 19.5 Å². The van der Waals surface area contributed by atoms with Crippen molar-refractivity contribution >= 4 is 17.6 Å². The summed E-state index contributed by atoms with van der Waals surface area (Å²) in [5, 5.41) is 2.82. The average molecular weight is 348 g/mol. The number of fused-ring (bicyclic) bond motifs is 1. The number of ether oxygens (including phenoxy) is 3. The molecule has 2 atom stereocenters. The van der Waals surface area contributed by atoms with Gasteiger partial charge in [-0.25, -0.2) is 0 Å². The van der Waals surface area contributed by atoms with Gasteiger partial charge in [0.25, 0.3) is 0 Å². The molecule has 25 heavy (non-hydrogen) atoms. The third-order valence-corrected chi connectivity index (χ3v) is 4.81. The van der Waals surface area contributed by atoms with Gasteiger partial charge in [-0.05, 0) is 31.5 Å². The molecule has 136 valence electrons. The number of benzene rings is 1. The number of nitrogens with zero attached hydrogens (tertiary/aromatic N) is 1. The summed E-state index contributed by atoms with van der Waals surface area (Å²) in [5.74, 6) is 0.599. The predicted molar refractivity (Wildman–Crippen MR) is 91.9 cm³/mol. The van der Waals surface area contributed by atoms with Crippen molar-refractivity contribution in [3.05, 3.63) is 18.2 Å². The Hall–Kier alpha value is -2.28. The standard InChI is InChI=1S/C18H24N2O5/c1-23-15-7-6-12(9-16(15)24-2)19-17(21)10-14-18(22)25-11-13-5-3-4-8-20(13)14/h6-7,9,13-14H,3-5,8,10-11H2,1-2H3,(H,19,21)/t13-,14+/m1/s1. The zero-order chi connectivity index (χ0) is 17.8. The molecule has 0 unspecified atom stereocenters. The number of morpholine rings is 1. The molecule has 2 fully saturated rings. The van der Waals surface area contributed by atoms with Crippen molar-refractivity contribution in [2.45, 2.75) is 37.8 Å². The average Bonchev–Trinajstić information content (AvgIpc) is 2.64. The topological polar surface area (TPSA) is 77.1 Å². The number of hydrogen-bond acceptors (Lipinski definition) is 6. The largest absolute Gasteiger partial charge is 0.493 e. The second-order valence-electron chi connectivity index (χ2n) is 6.36. The highest BCUT2D eigenvalue weighted by Crippen LogP contribution is 2.30. The van der Waals surface area contributed by atoms with E-state index in [4.69, 9.17) is 14.2 Å². The first-order chi connectivity index (χ1) is 12.1. The monoisotopic (exact) mass is 348 g/mol. The minimum Gasteiger partial charge on any atom is -0.493 e. The Labute approximate surface area is 147 Å². The van der Waals surface area contributed by atoms with Gasteiger partial charge in [0.05, 0.1) is 20.6 Å². The molecule has 1 N–H and O–H groups in total. The number of anilines is 1. The summed E-state index contributed by atoms with van der Waals surface area (Å²) in [4.78, 5) is 26.7. The Bertz CT molecular complexity index is 648. The quantitative estimate of drug-likeness (QED) is 0.818. The zero-order valence-corrected chi connectivity index (χ0v) is 14.6. The minimum absolute atomic E-state index is 0.0870. The van der Waals surface area contributed by atoms with E-state index >= 15 is 0 Å². The minimum atomic E-state index is -0.501. The lowest BCUT2D eigenvalue weighted by molar-refractivity contribution is -0.165. The second kappa shape index (κ2) is 7.74. The number of carbonyl (C=O) groups excluding carboxylic acids is 2. The smallest absolute Gasteiger partial charge is 0.323 e. The van der Waals surface area contributed by atoms with Gasteiger partial charge in [0, 0.05) is 17.8 Å². The van der Waals surface area contributed by atoms with Crippen LogP contribution in [0.3, 0.4) is 0 Å². The summed E-state index contributed by atoms with van der Waals surface area (Å²) in [6.45, 7) is 1.28. The maximum atomic E-state index is 12.4. The van der Waals surface area contributed by atoms with Crippen LogP contribution in [0.1, 0.15) is 25.7 Å². The number of cyclic esters (lactones) is 1. The van der Waals surface area contributed by atoms with Crippen LogP contribution in [0.15, 0.2) is 18.2 Å². The molecule has 0 aliphatic carbocycles. The third kappa shape index (κ3) is 3.87. The lowest BCUT2D eigenvalue weighted by Gasteiger charge is -2.43. The Morgan fingerprint density at radius 3 is 2.84 bits per heavy atom. The van der Waals surface area contributed by atoms with Gasteiger partial charge in [0.2, 0.25) is 5.91 Å². The molecule has 1 aromatic carbocycles. The van der Waals surface area contributed by atoms with E-state index in [1.54, 1.807) is 25.3 Å². The zero-order valence-electron chi connectivity index (χ0n) is 14.6. The first-order valence-electron chi connectivity index (χ1n) is 8.56. The number of esters is 1. The molecule has 0 saturated carbocycles. The molecular formula is C18H24N2O5. The molecule has 2 heterocycles. The molecule has 2 aliphatic heterocycles. The second-order valence-corrected chi connectivity index (χ2v) is 6.36. The number of hydrogen-bond donors (Lipinski definition) is 1. The molecule has 0 spiro atoms. The number of methoxy groups -OCH3 is 2. The Kier molecular flexibility index (Phi) is 5.43. The molecule has 1 aromatic rings. The highest BCUT2D eigenvalue weighted by molar-refractivity contribution is 5.94. The van der Waals surface area contributed by atoms with Gasteiger partial charge >= 0.3 is 5.97 Å². The van der Waals surface area contributed by atoms with Gasteiger partial charge in [-0.2, -0.15) is 0 Å². The van der Waals surface area contributed by atoms with Crippen LogP contribution in [-0.4, -0.2) is 56.2 Å². The fraction of sp³-hybridized carbons (Fsp3) is 0.556. The maximum absolute atomic E-state index is 12.4. The molecule has 3 rings (SSSR count). The van der Waals surface area contributed by atoms with Crippen LogP contribution in [0.5, 0.6) is 11.5 Å². The molecular weight excluding hydrogens is 324 g/mol. The van der Waals surface area contributed by atoms with Gasteiger partial charge in [-0.15, -0.1) is 0 Å². The van der Waals surface area contributed by atoms with Crippen molar-refractivity contribution in [2.24, 2.45) is 0 Å². The molecule has 0 radical (unpaired) electrons. The van der Waals surface area contributed by atoms with Crippen molar-refractivity contribution in [3.8, 4) is 11.5 Å². The van der Waals surface area contributed by atoms with Crippen LogP contribution in [0.4, 0.5) is 5.69 Å². The van der Waals surface area contributed by atoms with Gasteiger partial charge in [-0.3, -0.25) is 14.5 Å². The van der Waals surface area contributed by atoms with Crippen LogP contribution >= 0.6 is 0 Å². The normalized spacial score (nSPS) is 23.4. The Morgan fingerprint density at radius 2 is 2.08 bits per heavy atom. The van der Waals surface area contributed by atoms with E-state index in [9.17, 15) is 9.59 Å². The molecule has 2 aliphatic rings. The van der Waals surface area contributed by atoms with Crippen molar-refractivity contribution in [1.82, 2.24) is 4.90 Å². The van der Waals surface area contributed by atoms with E-state index in [1.165, 1.54) is 7.11 Å². The lowest BCUT2D eigenvalue weighted by Crippen LogP contribution is -2.57. The van der Waals surface area contributed by atoms with Crippen molar-refractivity contribution in [1.29, 1.82) is 0 Å². The van der Waals surface area contributed by atoms with E-state index < -0.39 is 6.04 Å². The number of amides is 1. The van der Waals surface area contributed by atoms with E-state index in [1.807, 2.05) is 0 Å². The summed E-state index contributed by atoms with van der Waals surface area (Å²) < 4.78 is 15.7. The van der Waals surface area contributed by atoms with Crippen LogP contribution < -0.4 is 14.8 Å². The van der Waals surface area contributed by atoms with Crippen molar-refractivity contribution in [2.75, 3.05) is 32.7 Å². The molecule has 0 aromatic heterocycles. The fourth-order valence-corrected chi connectivity index (χ4v) is 3.52. The number of carbonyl (C=O) groups is 2. The Balaban J connectivity index is 1.66. The molecule has 1 amide bonds. The highest BCUT2D eigenvalue weighted by atomic mass is 16.5. The number of rotatable bonds is 5. The van der Waals surface area contributed by atoms with Crippen LogP contribution in [0.25, 0.3) is 0 Å². The molecule has 0 bridgehead atoms. The maximum Gasteiger partial charge on any atom is 0.323 e. The number of piperidine rings is 1. The summed E-state index contributed by atoms with van der Waals surface area (Å²) in [6.07, 6.45) is 3.30. The predicted octanol–water partition coefficient (Wildman–Crippen LogP) is 1.81. The van der Waals surface area contributed by atoms with Gasteiger partial charge in [0.1, 0.15) is 12.6 Å². The molecule has 7 nitrogen and oxygen atoms in total. The van der Waals surface area contributed by atoms with Crippen molar-refractivity contribution in [3.63, 3.8) is 0 Å². The summed E-state index contributed by atoms with van der Waals surface area (Å²) in [7, 11) is 3.10. The highest BCUT2D eigenvalue weighted by Gasteiger charge is 2.40. The first-order valence-corrected chi connectivity index (χ1v) is 8.56. The molecule has 7 heteroatoms. The van der Waals surface area contributed by atoms with Crippen molar-refractivity contribution < 1.29 is 23.8 Å². The lowest BCUT2D eigenvalue weighted by atomic mass is 9.97. The molecule has 2 saturated heterocycles. The third-order valence-electron chi connectivity index (χ3n) is 4.81. The van der Waals surface area contributed by atoms with E-state index in [0.717, 1.165) is 25.8 Å².